The number of fused-ring (bicyclic) bond motifs is 1. The molecule has 208 valence electrons. The minimum Gasteiger partial charge on any atom is -0.768 e. The van der Waals surface area contributed by atoms with Crippen LogP contribution in [-0.2, 0) is 22.4 Å². The molecule has 2 aromatic heterocycles. The normalized spacial score (nSPS) is 19.4. The molecule has 1 unspecified atom stereocenters. The van der Waals surface area contributed by atoms with Crippen LogP contribution < -0.4 is 10.5 Å². The van der Waals surface area contributed by atoms with Crippen LogP contribution in [0.15, 0.2) is 74.7 Å². The van der Waals surface area contributed by atoms with Gasteiger partial charge in [0.1, 0.15) is 10.8 Å². The van der Waals surface area contributed by atoms with Crippen LogP contribution in [-0.4, -0.2) is 54.1 Å². The van der Waals surface area contributed by atoms with Crippen molar-refractivity contribution >= 4 is 51.2 Å². The van der Waals surface area contributed by atoms with Crippen molar-refractivity contribution in [2.75, 3.05) is 24.6 Å². The minimum atomic E-state index is -2.42. The lowest BCUT2D eigenvalue weighted by Crippen LogP contribution is -2.41. The number of ether oxygens (including phenoxy) is 1. The highest BCUT2D eigenvalue weighted by molar-refractivity contribution is 7.99. The van der Waals surface area contributed by atoms with E-state index >= 15 is 0 Å². The topological polar surface area (TPSA) is 113 Å². The van der Waals surface area contributed by atoms with Gasteiger partial charge in [0.15, 0.2) is 0 Å². The van der Waals surface area contributed by atoms with E-state index in [4.69, 9.17) is 16.3 Å². The SMILES string of the molecule is C[C@H]1CC2(CCN(c3cnc(Sc4ccc5ncn(Cc6ccccc6S(=O)[O-])c(=O)c5c4Cl)cn3)CC2)CO1. The molecule has 0 bridgehead atoms. The van der Waals surface area contributed by atoms with Crippen LogP contribution in [0.5, 0.6) is 0 Å². The lowest BCUT2D eigenvalue weighted by molar-refractivity contribution is 0.0976. The van der Waals surface area contributed by atoms with Crippen molar-refractivity contribution in [1.82, 2.24) is 19.5 Å². The third kappa shape index (κ3) is 5.40. The Morgan fingerprint density at radius 1 is 1.15 bits per heavy atom. The van der Waals surface area contributed by atoms with E-state index in [1.807, 2.05) is 6.07 Å². The van der Waals surface area contributed by atoms with E-state index in [1.165, 1.54) is 28.7 Å². The lowest BCUT2D eigenvalue weighted by Gasteiger charge is -2.38. The highest BCUT2D eigenvalue weighted by atomic mass is 35.5. The minimum absolute atomic E-state index is 0.0518. The number of nitrogens with zero attached hydrogens (tertiary/aromatic N) is 5. The average molecular weight is 597 g/mol. The van der Waals surface area contributed by atoms with Gasteiger partial charge in [-0.2, -0.15) is 0 Å². The number of hydrogen-bond donors (Lipinski definition) is 0. The first-order valence-electron chi connectivity index (χ1n) is 13.0. The maximum absolute atomic E-state index is 13.4. The van der Waals surface area contributed by atoms with Gasteiger partial charge in [-0.05, 0) is 66.4 Å². The largest absolute Gasteiger partial charge is 0.768 e. The fourth-order valence-electron chi connectivity index (χ4n) is 5.60. The molecule has 6 rings (SSSR count). The Balaban J connectivity index is 1.20. The first-order chi connectivity index (χ1) is 19.3. The predicted molar refractivity (Wildman–Crippen MR) is 154 cm³/mol. The van der Waals surface area contributed by atoms with Crippen molar-refractivity contribution in [3.63, 3.8) is 0 Å². The molecule has 2 aliphatic heterocycles. The van der Waals surface area contributed by atoms with Gasteiger partial charge >= 0.3 is 0 Å². The van der Waals surface area contributed by atoms with Gasteiger partial charge in [0.25, 0.3) is 5.56 Å². The van der Waals surface area contributed by atoms with E-state index in [-0.39, 0.29) is 27.4 Å². The van der Waals surface area contributed by atoms with E-state index in [9.17, 15) is 13.6 Å². The fourth-order valence-corrected chi connectivity index (χ4v) is 7.26. The van der Waals surface area contributed by atoms with Crippen LogP contribution >= 0.6 is 23.4 Å². The quantitative estimate of drug-likeness (QED) is 0.293. The smallest absolute Gasteiger partial charge is 0.263 e. The van der Waals surface area contributed by atoms with E-state index in [0.717, 1.165) is 44.8 Å². The molecule has 40 heavy (non-hydrogen) atoms. The number of halogens is 1. The lowest BCUT2D eigenvalue weighted by atomic mass is 9.77. The van der Waals surface area contributed by atoms with Crippen molar-refractivity contribution in [2.24, 2.45) is 5.41 Å². The summed E-state index contributed by atoms with van der Waals surface area (Å²) in [5.74, 6) is 0.849. The molecule has 0 N–H and O–H groups in total. The highest BCUT2D eigenvalue weighted by Gasteiger charge is 2.41. The monoisotopic (exact) mass is 596 g/mol. The van der Waals surface area contributed by atoms with Crippen molar-refractivity contribution in [3.8, 4) is 0 Å². The molecule has 2 aromatic carbocycles. The van der Waals surface area contributed by atoms with E-state index in [1.54, 1.807) is 36.7 Å². The van der Waals surface area contributed by atoms with Crippen molar-refractivity contribution in [1.29, 1.82) is 0 Å². The Labute approximate surface area is 243 Å². The average Bonchev–Trinajstić information content (AvgIpc) is 3.32. The van der Waals surface area contributed by atoms with Gasteiger partial charge in [0, 0.05) is 22.9 Å². The zero-order valence-corrected chi connectivity index (χ0v) is 24.2. The van der Waals surface area contributed by atoms with Crippen molar-refractivity contribution in [2.45, 2.75) is 53.7 Å². The van der Waals surface area contributed by atoms with Gasteiger partial charge in [-0.1, -0.05) is 41.6 Å². The first-order valence-corrected chi connectivity index (χ1v) is 15.3. The van der Waals surface area contributed by atoms with E-state index in [0.29, 0.717) is 32.5 Å². The molecule has 4 heterocycles. The molecule has 2 aliphatic rings. The summed E-state index contributed by atoms with van der Waals surface area (Å²) >= 11 is 5.64. The molecule has 4 aromatic rings. The summed E-state index contributed by atoms with van der Waals surface area (Å²) in [7, 11) is 0. The molecule has 1 spiro atoms. The van der Waals surface area contributed by atoms with Gasteiger partial charge < -0.3 is 14.2 Å². The molecular formula is C28H27ClN5O4S2-. The molecule has 0 amide bonds. The highest BCUT2D eigenvalue weighted by Crippen LogP contribution is 2.42. The van der Waals surface area contributed by atoms with Crippen LogP contribution in [0.25, 0.3) is 10.9 Å². The molecule has 2 atom stereocenters. The maximum atomic E-state index is 13.4. The first kappa shape index (κ1) is 27.3. The second kappa shape index (κ2) is 11.2. The molecule has 2 fully saturated rings. The number of aromatic nitrogens is 4. The van der Waals surface area contributed by atoms with Crippen LogP contribution in [0.4, 0.5) is 5.82 Å². The molecule has 0 saturated carbocycles. The van der Waals surface area contributed by atoms with Gasteiger partial charge in [-0.15, -0.1) is 0 Å². The summed E-state index contributed by atoms with van der Waals surface area (Å²) in [6.07, 6.45) is 8.58. The van der Waals surface area contributed by atoms with Gasteiger partial charge in [0.05, 0.1) is 53.9 Å². The second-order valence-corrected chi connectivity index (χ2v) is 12.8. The molecule has 12 heteroatoms. The van der Waals surface area contributed by atoms with Crippen LogP contribution in [0.1, 0.15) is 31.7 Å². The molecular weight excluding hydrogens is 570 g/mol. The summed E-state index contributed by atoms with van der Waals surface area (Å²) in [5.41, 5.74) is 0.904. The Morgan fingerprint density at radius 2 is 1.95 bits per heavy atom. The Kier molecular flexibility index (Phi) is 7.66. The predicted octanol–water partition coefficient (Wildman–Crippen LogP) is 4.67. The number of hydrogen-bond acceptors (Lipinski definition) is 9. The number of benzene rings is 2. The van der Waals surface area contributed by atoms with Crippen molar-refractivity contribution < 1.29 is 13.5 Å². The van der Waals surface area contributed by atoms with Gasteiger partial charge in [0.2, 0.25) is 0 Å². The third-order valence-corrected chi connectivity index (χ3v) is 10.0. The Morgan fingerprint density at radius 3 is 2.65 bits per heavy atom. The Bertz CT molecular complexity index is 1640. The second-order valence-electron chi connectivity index (χ2n) is 10.4. The summed E-state index contributed by atoms with van der Waals surface area (Å²) < 4.78 is 30.4. The summed E-state index contributed by atoms with van der Waals surface area (Å²) in [6.45, 7) is 4.92. The maximum Gasteiger partial charge on any atom is 0.263 e. The van der Waals surface area contributed by atoms with Gasteiger partial charge in [-0.25, -0.2) is 15.0 Å². The summed E-state index contributed by atoms with van der Waals surface area (Å²) in [6, 6.07) is 10.1. The number of rotatable bonds is 6. The van der Waals surface area contributed by atoms with Crippen LogP contribution in [0, 0.1) is 5.41 Å². The summed E-state index contributed by atoms with van der Waals surface area (Å²) in [4.78, 5) is 30.1. The standard InChI is InChI=1S/C28H28ClN5O4S2/c1-18-12-28(16-38-18)8-10-33(11-9-28)23-13-31-24(14-30-23)39-21-7-6-20-25(26(21)29)27(35)34(17-32-20)15-19-4-2-3-5-22(19)40(36)37/h2-7,13-14,17-18H,8-12,15-16H2,1H3,(H,36,37)/p-1/t18-/m0/s1. The van der Waals surface area contributed by atoms with E-state index < -0.39 is 11.1 Å². The zero-order valence-electron chi connectivity index (χ0n) is 21.8. The van der Waals surface area contributed by atoms with Crippen LogP contribution in [0.2, 0.25) is 5.02 Å². The van der Waals surface area contributed by atoms with E-state index in [2.05, 4.69) is 26.8 Å². The molecule has 0 aliphatic carbocycles. The molecule has 0 radical (unpaired) electrons. The van der Waals surface area contributed by atoms with Crippen LogP contribution in [0.3, 0.4) is 0 Å². The third-order valence-electron chi connectivity index (χ3n) is 7.76. The molecule has 2 saturated heterocycles. The Hall–Kier alpha value is -2.83. The fraction of sp³-hybridized carbons (Fsp3) is 0.357. The molecule has 9 nitrogen and oxygen atoms in total. The van der Waals surface area contributed by atoms with Crippen molar-refractivity contribution in [3.05, 3.63) is 76.1 Å². The number of anilines is 1. The van der Waals surface area contributed by atoms with Gasteiger partial charge in [-0.3, -0.25) is 13.6 Å². The summed E-state index contributed by atoms with van der Waals surface area (Å²) in [5, 5.41) is 1.20. The number of piperidine rings is 1. The zero-order chi connectivity index (χ0) is 27.9.